The fourth-order valence-corrected chi connectivity index (χ4v) is 5.42. The molecule has 1 heterocycles. The normalized spacial score (nSPS) is 13.4. The van der Waals surface area contributed by atoms with Crippen molar-refractivity contribution in [2.24, 2.45) is 0 Å². The van der Waals surface area contributed by atoms with Gasteiger partial charge in [-0.15, -0.1) is 0 Å². The van der Waals surface area contributed by atoms with E-state index in [-0.39, 0.29) is 18.4 Å². The Morgan fingerprint density at radius 3 is 2.47 bits per heavy atom. The van der Waals surface area contributed by atoms with Crippen LogP contribution in [-0.2, 0) is 17.4 Å². The molecule has 0 spiro atoms. The van der Waals surface area contributed by atoms with E-state index in [2.05, 4.69) is 27.9 Å². The van der Waals surface area contributed by atoms with Gasteiger partial charge in [-0.3, -0.25) is 9.10 Å². The van der Waals surface area contributed by atoms with Crippen molar-refractivity contribution in [2.45, 2.75) is 32.2 Å². The third kappa shape index (κ3) is 4.73. The summed E-state index contributed by atoms with van der Waals surface area (Å²) in [5, 5.41) is 3.26. The van der Waals surface area contributed by atoms with E-state index in [1.807, 2.05) is 31.2 Å². The average molecular weight is 618 g/mol. The molecule has 6 nitrogen and oxygen atoms in total. The Bertz CT molecular complexity index is 1550. The van der Waals surface area contributed by atoms with Gasteiger partial charge >= 0.3 is 0 Å². The first-order chi connectivity index (χ1) is 17.3. The molecule has 9 heteroatoms. The monoisotopic (exact) mass is 618 g/mol. The molecule has 1 fully saturated rings. The van der Waals surface area contributed by atoms with Crippen molar-refractivity contribution in [3.8, 4) is 11.3 Å². The lowest BCUT2D eigenvalue weighted by Crippen LogP contribution is -2.22. The zero-order valence-corrected chi connectivity index (χ0v) is 22.7. The predicted octanol–water partition coefficient (Wildman–Crippen LogP) is 5.92. The van der Waals surface area contributed by atoms with E-state index in [1.165, 1.54) is 16.4 Å². The van der Waals surface area contributed by atoms with Crippen LogP contribution in [0.15, 0.2) is 59.0 Å². The highest BCUT2D eigenvalue weighted by Gasteiger charge is 2.31. The van der Waals surface area contributed by atoms with Gasteiger partial charge in [-0.05, 0) is 101 Å². The molecule has 36 heavy (non-hydrogen) atoms. The van der Waals surface area contributed by atoms with E-state index in [4.69, 9.17) is 4.42 Å². The number of carbonyl (C=O) groups excluding carboxylic acids is 1. The Morgan fingerprint density at radius 2 is 1.86 bits per heavy atom. The van der Waals surface area contributed by atoms with Gasteiger partial charge in [0, 0.05) is 27.6 Å². The highest BCUT2D eigenvalue weighted by Crippen LogP contribution is 2.48. The van der Waals surface area contributed by atoms with Gasteiger partial charge in [0.05, 0.1) is 17.8 Å². The zero-order chi connectivity index (χ0) is 25.6. The minimum atomic E-state index is -2.94. The summed E-state index contributed by atoms with van der Waals surface area (Å²) in [7, 11) is -1.40. The second-order valence-corrected chi connectivity index (χ2v) is 11.1. The smallest absolute Gasteiger partial charge is 0.255 e. The van der Waals surface area contributed by atoms with Crippen LogP contribution >= 0.6 is 22.6 Å². The number of hydrogen-bond acceptors (Lipinski definition) is 4. The quantitative estimate of drug-likeness (QED) is 0.199. The molecule has 1 aromatic heterocycles. The first kappa shape index (κ1) is 24.8. The Kier molecular flexibility index (Phi) is 6.78. The molecule has 0 radical (unpaired) electrons. The molecule has 5 rings (SSSR count). The van der Waals surface area contributed by atoms with Crippen LogP contribution < -0.4 is 9.62 Å². The summed E-state index contributed by atoms with van der Waals surface area (Å²) in [5.74, 6) is -0.198. The van der Waals surface area contributed by atoms with Gasteiger partial charge in [0.25, 0.3) is 5.91 Å². The highest BCUT2D eigenvalue weighted by atomic mass is 127. The maximum Gasteiger partial charge on any atom is 0.255 e. The lowest BCUT2D eigenvalue weighted by atomic mass is 10.00. The van der Waals surface area contributed by atoms with E-state index >= 15 is 0 Å². The lowest BCUT2D eigenvalue weighted by molar-refractivity contribution is 0.0964. The van der Waals surface area contributed by atoms with E-state index in [0.717, 1.165) is 33.1 Å². The van der Waals surface area contributed by atoms with Gasteiger partial charge in [-0.2, -0.15) is 0 Å². The number of benzene rings is 3. The van der Waals surface area contributed by atoms with Crippen LogP contribution in [0.1, 0.15) is 45.8 Å². The number of nitrogens with zero attached hydrogens (tertiary/aromatic N) is 1. The number of aryl methyl sites for hydroxylation is 1. The summed E-state index contributed by atoms with van der Waals surface area (Å²) in [6.07, 6.45) is 1.89. The molecule has 1 aliphatic rings. The molecule has 0 atom stereocenters. The van der Waals surface area contributed by atoms with Crippen LogP contribution in [0, 0.1) is 16.3 Å². The van der Waals surface area contributed by atoms with Crippen LogP contribution in [0.5, 0.6) is 0 Å². The topological polar surface area (TPSA) is 79.6 Å². The molecule has 1 amide bonds. The molecule has 186 valence electrons. The number of halogens is 2. The number of fused-ring (bicyclic) bond motifs is 1. The van der Waals surface area contributed by atoms with Crippen molar-refractivity contribution in [1.29, 1.82) is 0 Å². The fourth-order valence-electron chi connectivity index (χ4n) is 4.46. The Labute approximate surface area is 223 Å². The summed E-state index contributed by atoms with van der Waals surface area (Å²) >= 11 is 2.25. The first-order valence-electron chi connectivity index (χ1n) is 11.5. The Morgan fingerprint density at radius 1 is 1.14 bits per heavy atom. The van der Waals surface area contributed by atoms with Crippen LogP contribution in [-0.4, -0.2) is 21.4 Å². The van der Waals surface area contributed by atoms with Gasteiger partial charge in [-0.1, -0.05) is 12.1 Å². The SMILES string of the molecule is CNC(=O)c1c(-c2ccc(F)cc2)oc2cc(N(Cc3ccc(I)c(C)c3)[SH](=O)=O)c(C3CC3)cc12. The summed E-state index contributed by atoms with van der Waals surface area (Å²) in [6.45, 7) is 2.18. The lowest BCUT2D eigenvalue weighted by Gasteiger charge is -2.22. The summed E-state index contributed by atoms with van der Waals surface area (Å²) in [6, 6.07) is 15.2. The number of amides is 1. The average Bonchev–Trinajstić information content (AvgIpc) is 3.64. The van der Waals surface area contributed by atoms with Crippen LogP contribution in [0.4, 0.5) is 10.1 Å². The summed E-state index contributed by atoms with van der Waals surface area (Å²) in [4.78, 5) is 12.9. The Balaban J connectivity index is 1.69. The molecular formula is C27H24FIN2O4S. The maximum atomic E-state index is 13.6. The van der Waals surface area contributed by atoms with Crippen molar-refractivity contribution in [3.05, 3.63) is 86.2 Å². The van der Waals surface area contributed by atoms with Crippen molar-refractivity contribution in [2.75, 3.05) is 11.4 Å². The van der Waals surface area contributed by atoms with Crippen molar-refractivity contribution in [1.82, 2.24) is 5.32 Å². The van der Waals surface area contributed by atoms with Crippen LogP contribution in [0.25, 0.3) is 22.3 Å². The van der Waals surface area contributed by atoms with Gasteiger partial charge < -0.3 is 9.73 Å². The molecule has 4 aromatic rings. The summed E-state index contributed by atoms with van der Waals surface area (Å²) in [5.41, 5.74) is 4.69. The minimum absolute atomic E-state index is 0.190. The largest absolute Gasteiger partial charge is 0.455 e. The van der Waals surface area contributed by atoms with E-state index in [9.17, 15) is 17.6 Å². The second-order valence-electron chi connectivity index (χ2n) is 8.95. The molecular weight excluding hydrogens is 594 g/mol. The van der Waals surface area contributed by atoms with E-state index in [0.29, 0.717) is 33.5 Å². The second kappa shape index (κ2) is 9.85. The van der Waals surface area contributed by atoms with E-state index in [1.54, 1.807) is 25.2 Å². The number of carbonyl (C=O) groups is 1. The number of furan rings is 1. The highest BCUT2D eigenvalue weighted by molar-refractivity contribution is 14.1. The molecule has 0 bridgehead atoms. The molecule has 1 N–H and O–H groups in total. The molecule has 3 aromatic carbocycles. The van der Waals surface area contributed by atoms with Crippen LogP contribution in [0.3, 0.4) is 0 Å². The number of thiol groups is 1. The van der Waals surface area contributed by atoms with Crippen molar-refractivity contribution in [3.63, 3.8) is 0 Å². The minimum Gasteiger partial charge on any atom is -0.455 e. The number of anilines is 1. The van der Waals surface area contributed by atoms with Crippen molar-refractivity contribution >= 4 is 56.0 Å². The number of nitrogens with one attached hydrogen (secondary N) is 1. The molecule has 0 saturated heterocycles. The standard InChI is InChI=1S/C27H24FIN2O4S/c1-15-11-16(3-10-22(15)29)14-31(36(33)34)23-13-24-21(12-20(23)17-4-5-17)25(27(32)30-2)26(35-24)18-6-8-19(28)9-7-18/h3,6-13,17,36H,4-5,14H2,1-2H3,(H,30,32). The van der Waals surface area contributed by atoms with Gasteiger partial charge in [0.15, 0.2) is 0 Å². The van der Waals surface area contributed by atoms with Crippen LogP contribution in [0.2, 0.25) is 0 Å². The molecule has 0 aliphatic heterocycles. The first-order valence-corrected chi connectivity index (χ1v) is 13.7. The molecule has 1 saturated carbocycles. The number of rotatable bonds is 7. The number of hydrogen-bond donors (Lipinski definition) is 2. The predicted molar refractivity (Wildman–Crippen MR) is 147 cm³/mol. The summed E-state index contributed by atoms with van der Waals surface area (Å²) < 4.78 is 47.2. The van der Waals surface area contributed by atoms with Gasteiger partial charge in [-0.25, -0.2) is 12.8 Å². The van der Waals surface area contributed by atoms with Gasteiger partial charge in [0.1, 0.15) is 17.2 Å². The maximum absolute atomic E-state index is 13.6. The van der Waals surface area contributed by atoms with Gasteiger partial charge in [0.2, 0.25) is 10.9 Å². The molecule has 0 unspecified atom stereocenters. The third-order valence-corrected chi connectivity index (χ3v) is 8.41. The zero-order valence-electron chi connectivity index (χ0n) is 19.7. The molecule has 1 aliphatic carbocycles. The van der Waals surface area contributed by atoms with Crippen molar-refractivity contribution < 1.29 is 22.0 Å². The fraction of sp³-hybridized carbons (Fsp3) is 0.222. The third-order valence-electron chi connectivity index (χ3n) is 6.44. The Hall–Kier alpha value is -2.92. The van der Waals surface area contributed by atoms with E-state index < -0.39 is 16.7 Å².